The standard InChI is InChI=1S/C19H29NO4/c1-4-5-9-13-20(15-16(2)19(22)23-3)18(21)12-14-24-17-10-7-6-8-11-17/h6-8,10-11,16H,4-5,9,12-15H2,1-3H3. The van der Waals surface area contributed by atoms with Crippen LogP contribution in [0.4, 0.5) is 0 Å². The summed E-state index contributed by atoms with van der Waals surface area (Å²) in [6, 6.07) is 9.44. The summed E-state index contributed by atoms with van der Waals surface area (Å²) in [4.78, 5) is 25.8. The Bertz CT molecular complexity index is 489. The van der Waals surface area contributed by atoms with E-state index in [9.17, 15) is 9.59 Å². The first-order chi connectivity index (χ1) is 11.6. The summed E-state index contributed by atoms with van der Waals surface area (Å²) >= 11 is 0. The van der Waals surface area contributed by atoms with Crippen LogP contribution in [-0.2, 0) is 14.3 Å². The van der Waals surface area contributed by atoms with Gasteiger partial charge in [-0.15, -0.1) is 0 Å². The first-order valence-corrected chi connectivity index (χ1v) is 8.62. The second kappa shape index (κ2) is 11.5. The summed E-state index contributed by atoms with van der Waals surface area (Å²) in [5, 5.41) is 0. The molecule has 134 valence electrons. The number of hydrogen-bond acceptors (Lipinski definition) is 4. The highest BCUT2D eigenvalue weighted by Gasteiger charge is 2.21. The van der Waals surface area contributed by atoms with Gasteiger partial charge in [-0.25, -0.2) is 0 Å². The molecule has 0 bridgehead atoms. The fraction of sp³-hybridized carbons (Fsp3) is 0.579. The predicted molar refractivity (Wildman–Crippen MR) is 93.8 cm³/mol. The van der Waals surface area contributed by atoms with E-state index < -0.39 is 0 Å². The second-order valence-electron chi connectivity index (χ2n) is 5.88. The van der Waals surface area contributed by atoms with Gasteiger partial charge in [0, 0.05) is 13.1 Å². The van der Waals surface area contributed by atoms with Gasteiger partial charge in [0.05, 0.1) is 26.1 Å². The molecule has 0 aromatic heterocycles. The van der Waals surface area contributed by atoms with Crippen LogP contribution in [-0.4, -0.2) is 43.6 Å². The molecule has 0 N–H and O–H groups in total. The van der Waals surface area contributed by atoms with Crippen LogP contribution < -0.4 is 4.74 Å². The molecule has 0 saturated heterocycles. The number of amides is 1. The Hall–Kier alpha value is -2.04. The third kappa shape index (κ3) is 7.49. The number of rotatable bonds is 11. The summed E-state index contributed by atoms with van der Waals surface area (Å²) < 4.78 is 10.3. The highest BCUT2D eigenvalue weighted by molar-refractivity contribution is 5.78. The van der Waals surface area contributed by atoms with Crippen molar-refractivity contribution in [1.29, 1.82) is 0 Å². The number of para-hydroxylation sites is 1. The van der Waals surface area contributed by atoms with Crippen LogP contribution in [0.15, 0.2) is 30.3 Å². The molecule has 0 aliphatic heterocycles. The maximum atomic E-state index is 12.5. The van der Waals surface area contributed by atoms with Crippen molar-refractivity contribution in [3.63, 3.8) is 0 Å². The van der Waals surface area contributed by atoms with Gasteiger partial charge in [0.25, 0.3) is 0 Å². The minimum Gasteiger partial charge on any atom is -0.493 e. The summed E-state index contributed by atoms with van der Waals surface area (Å²) in [5.41, 5.74) is 0. The predicted octanol–water partition coefficient (Wildman–Crippen LogP) is 3.28. The Kier molecular flexibility index (Phi) is 9.58. The number of nitrogens with zero attached hydrogens (tertiary/aromatic N) is 1. The maximum Gasteiger partial charge on any atom is 0.310 e. The van der Waals surface area contributed by atoms with Crippen LogP contribution in [0.1, 0.15) is 39.5 Å². The van der Waals surface area contributed by atoms with Crippen LogP contribution in [0.3, 0.4) is 0 Å². The topological polar surface area (TPSA) is 55.8 Å². The quantitative estimate of drug-likeness (QED) is 0.460. The van der Waals surface area contributed by atoms with Gasteiger partial charge in [0.1, 0.15) is 5.75 Å². The molecule has 5 nitrogen and oxygen atoms in total. The van der Waals surface area contributed by atoms with Crippen molar-refractivity contribution in [2.75, 3.05) is 26.8 Å². The number of benzene rings is 1. The molecule has 1 amide bonds. The summed E-state index contributed by atoms with van der Waals surface area (Å²) in [6.45, 7) is 5.29. The van der Waals surface area contributed by atoms with Gasteiger partial charge in [-0.1, -0.05) is 44.9 Å². The van der Waals surface area contributed by atoms with Crippen molar-refractivity contribution < 1.29 is 19.1 Å². The normalized spacial score (nSPS) is 11.6. The van der Waals surface area contributed by atoms with Crippen molar-refractivity contribution in [2.24, 2.45) is 5.92 Å². The van der Waals surface area contributed by atoms with Gasteiger partial charge in [0.15, 0.2) is 0 Å². The molecule has 1 atom stereocenters. The van der Waals surface area contributed by atoms with E-state index in [2.05, 4.69) is 6.92 Å². The fourth-order valence-electron chi connectivity index (χ4n) is 2.41. The van der Waals surface area contributed by atoms with E-state index in [0.29, 0.717) is 26.1 Å². The molecule has 24 heavy (non-hydrogen) atoms. The molecule has 0 saturated carbocycles. The van der Waals surface area contributed by atoms with Crippen LogP contribution in [0, 0.1) is 5.92 Å². The zero-order chi connectivity index (χ0) is 17.8. The number of unbranched alkanes of at least 4 members (excludes halogenated alkanes) is 2. The molecule has 1 rings (SSSR count). The monoisotopic (exact) mass is 335 g/mol. The van der Waals surface area contributed by atoms with E-state index >= 15 is 0 Å². The van der Waals surface area contributed by atoms with Crippen LogP contribution in [0.5, 0.6) is 5.75 Å². The number of carbonyl (C=O) groups excluding carboxylic acids is 2. The molecule has 1 aromatic rings. The Morgan fingerprint density at radius 2 is 1.88 bits per heavy atom. The Labute approximate surface area is 144 Å². The summed E-state index contributed by atoms with van der Waals surface area (Å²) in [7, 11) is 1.37. The molecule has 0 fully saturated rings. The molecule has 0 aliphatic rings. The Balaban J connectivity index is 2.50. The highest BCUT2D eigenvalue weighted by Crippen LogP contribution is 2.10. The van der Waals surface area contributed by atoms with Crippen molar-refractivity contribution in [3.05, 3.63) is 30.3 Å². The van der Waals surface area contributed by atoms with E-state index in [-0.39, 0.29) is 17.8 Å². The van der Waals surface area contributed by atoms with Crippen molar-refractivity contribution >= 4 is 11.9 Å². The molecule has 5 heteroatoms. The van der Waals surface area contributed by atoms with Crippen molar-refractivity contribution in [3.8, 4) is 5.75 Å². The van der Waals surface area contributed by atoms with Gasteiger partial charge >= 0.3 is 5.97 Å². The summed E-state index contributed by atoms with van der Waals surface area (Å²) in [5.74, 6) is 0.156. The molecular formula is C19H29NO4. The van der Waals surface area contributed by atoms with E-state index in [1.165, 1.54) is 7.11 Å². The van der Waals surface area contributed by atoms with Gasteiger partial charge in [-0.2, -0.15) is 0 Å². The molecule has 1 unspecified atom stereocenters. The third-order valence-electron chi connectivity index (χ3n) is 3.81. The van der Waals surface area contributed by atoms with E-state index in [4.69, 9.17) is 9.47 Å². The zero-order valence-electron chi connectivity index (χ0n) is 15.0. The Morgan fingerprint density at radius 1 is 1.17 bits per heavy atom. The lowest BCUT2D eigenvalue weighted by molar-refractivity contribution is -0.146. The first kappa shape index (κ1) is 20.0. The lowest BCUT2D eigenvalue weighted by Gasteiger charge is -2.25. The largest absolute Gasteiger partial charge is 0.493 e. The molecule has 0 radical (unpaired) electrons. The van der Waals surface area contributed by atoms with Gasteiger partial charge < -0.3 is 14.4 Å². The number of carbonyl (C=O) groups is 2. The smallest absolute Gasteiger partial charge is 0.310 e. The zero-order valence-corrected chi connectivity index (χ0v) is 15.0. The minimum absolute atomic E-state index is 0.0118. The average molecular weight is 335 g/mol. The lowest BCUT2D eigenvalue weighted by atomic mass is 10.1. The van der Waals surface area contributed by atoms with Gasteiger partial charge in [-0.05, 0) is 18.6 Å². The minimum atomic E-state index is -0.324. The van der Waals surface area contributed by atoms with Crippen LogP contribution in [0.25, 0.3) is 0 Å². The van der Waals surface area contributed by atoms with E-state index in [1.54, 1.807) is 11.8 Å². The molecular weight excluding hydrogens is 306 g/mol. The van der Waals surface area contributed by atoms with E-state index in [0.717, 1.165) is 25.0 Å². The van der Waals surface area contributed by atoms with Crippen LogP contribution >= 0.6 is 0 Å². The first-order valence-electron chi connectivity index (χ1n) is 8.62. The SMILES string of the molecule is CCCCCN(CC(C)C(=O)OC)C(=O)CCOc1ccccc1. The molecule has 1 aromatic carbocycles. The van der Waals surface area contributed by atoms with Gasteiger partial charge in [0.2, 0.25) is 5.91 Å². The number of ether oxygens (including phenoxy) is 2. The third-order valence-corrected chi connectivity index (χ3v) is 3.81. The van der Waals surface area contributed by atoms with E-state index in [1.807, 2.05) is 30.3 Å². The van der Waals surface area contributed by atoms with Crippen LogP contribution in [0.2, 0.25) is 0 Å². The fourth-order valence-corrected chi connectivity index (χ4v) is 2.41. The lowest BCUT2D eigenvalue weighted by Crippen LogP contribution is -2.38. The number of hydrogen-bond donors (Lipinski definition) is 0. The summed E-state index contributed by atoms with van der Waals surface area (Å²) in [6.07, 6.45) is 3.40. The highest BCUT2D eigenvalue weighted by atomic mass is 16.5. The Morgan fingerprint density at radius 3 is 2.50 bits per heavy atom. The second-order valence-corrected chi connectivity index (χ2v) is 5.88. The van der Waals surface area contributed by atoms with Crippen molar-refractivity contribution in [2.45, 2.75) is 39.5 Å². The molecule has 0 spiro atoms. The number of methoxy groups -OCH3 is 1. The van der Waals surface area contributed by atoms with Crippen molar-refractivity contribution in [1.82, 2.24) is 4.90 Å². The maximum absolute atomic E-state index is 12.5. The van der Waals surface area contributed by atoms with Gasteiger partial charge in [-0.3, -0.25) is 9.59 Å². The number of esters is 1. The molecule has 0 heterocycles. The molecule has 0 aliphatic carbocycles. The average Bonchev–Trinajstić information content (AvgIpc) is 2.60.